The van der Waals surface area contributed by atoms with E-state index in [4.69, 9.17) is 9.47 Å². The first-order chi connectivity index (χ1) is 11.5. The third kappa shape index (κ3) is 5.95. The molecule has 0 fully saturated rings. The molecule has 0 spiro atoms. The maximum atomic E-state index is 12.2. The van der Waals surface area contributed by atoms with Gasteiger partial charge in [0.25, 0.3) is 5.91 Å². The SMILES string of the molecule is CC=Cc1ccc(OCC(=O)N(CC)CC(=O)NCC)c(OC)c1. The zero-order valence-corrected chi connectivity index (χ0v) is 14.8. The monoisotopic (exact) mass is 334 g/mol. The summed E-state index contributed by atoms with van der Waals surface area (Å²) in [5.41, 5.74) is 0.986. The van der Waals surface area contributed by atoms with Crippen LogP contribution in [-0.4, -0.2) is 50.1 Å². The highest BCUT2D eigenvalue weighted by Crippen LogP contribution is 2.28. The molecule has 6 nitrogen and oxygen atoms in total. The maximum Gasteiger partial charge on any atom is 0.260 e. The molecule has 1 aromatic carbocycles. The van der Waals surface area contributed by atoms with Gasteiger partial charge >= 0.3 is 0 Å². The highest BCUT2D eigenvalue weighted by Gasteiger charge is 2.16. The molecule has 6 heteroatoms. The Kier molecular flexibility index (Phi) is 8.39. The molecular formula is C18H26N2O4. The van der Waals surface area contributed by atoms with E-state index in [0.29, 0.717) is 24.6 Å². The second-order valence-corrected chi connectivity index (χ2v) is 5.06. The van der Waals surface area contributed by atoms with Crippen LogP contribution < -0.4 is 14.8 Å². The Morgan fingerprint density at radius 1 is 1.25 bits per heavy atom. The van der Waals surface area contributed by atoms with Crippen LogP contribution >= 0.6 is 0 Å². The largest absolute Gasteiger partial charge is 0.493 e. The van der Waals surface area contributed by atoms with Crippen LogP contribution in [0.1, 0.15) is 26.3 Å². The highest BCUT2D eigenvalue weighted by atomic mass is 16.5. The predicted molar refractivity (Wildman–Crippen MR) is 94.1 cm³/mol. The third-order valence-corrected chi connectivity index (χ3v) is 3.34. The fourth-order valence-corrected chi connectivity index (χ4v) is 2.13. The summed E-state index contributed by atoms with van der Waals surface area (Å²) >= 11 is 0. The van der Waals surface area contributed by atoms with Crippen molar-refractivity contribution in [3.8, 4) is 11.5 Å². The number of likely N-dealkylation sites (N-methyl/N-ethyl adjacent to an activating group) is 2. The zero-order chi connectivity index (χ0) is 17.9. The molecule has 0 saturated heterocycles. The van der Waals surface area contributed by atoms with E-state index in [-0.39, 0.29) is 25.0 Å². The topological polar surface area (TPSA) is 67.9 Å². The Hall–Kier alpha value is -2.50. The molecule has 0 radical (unpaired) electrons. The van der Waals surface area contributed by atoms with Gasteiger partial charge in [0.2, 0.25) is 5.91 Å². The Labute approximate surface area is 143 Å². The number of carbonyl (C=O) groups is 2. The lowest BCUT2D eigenvalue weighted by Gasteiger charge is -2.20. The van der Waals surface area contributed by atoms with E-state index in [1.807, 2.05) is 45.1 Å². The minimum atomic E-state index is -0.247. The second kappa shape index (κ2) is 10.3. The van der Waals surface area contributed by atoms with Gasteiger partial charge in [-0.05, 0) is 38.5 Å². The van der Waals surface area contributed by atoms with Gasteiger partial charge in [-0.15, -0.1) is 0 Å². The summed E-state index contributed by atoms with van der Waals surface area (Å²) in [7, 11) is 1.55. The zero-order valence-electron chi connectivity index (χ0n) is 14.8. The molecule has 0 aliphatic heterocycles. The maximum absolute atomic E-state index is 12.2. The Bertz CT molecular complexity index is 584. The van der Waals surface area contributed by atoms with E-state index in [0.717, 1.165) is 5.56 Å². The van der Waals surface area contributed by atoms with Crippen molar-refractivity contribution >= 4 is 17.9 Å². The van der Waals surface area contributed by atoms with Crippen molar-refractivity contribution in [2.45, 2.75) is 20.8 Å². The third-order valence-electron chi connectivity index (χ3n) is 3.34. The predicted octanol–water partition coefficient (Wildman–Crippen LogP) is 2.09. The van der Waals surface area contributed by atoms with Crippen LogP contribution in [0, 0.1) is 0 Å². The van der Waals surface area contributed by atoms with Gasteiger partial charge in [0, 0.05) is 13.1 Å². The molecule has 132 valence electrons. The van der Waals surface area contributed by atoms with Crippen molar-refractivity contribution in [1.82, 2.24) is 10.2 Å². The number of rotatable bonds is 9. The number of amides is 2. The molecule has 0 aliphatic rings. The summed E-state index contributed by atoms with van der Waals surface area (Å²) < 4.78 is 10.9. The molecule has 0 atom stereocenters. The van der Waals surface area contributed by atoms with E-state index in [1.54, 1.807) is 13.2 Å². The lowest BCUT2D eigenvalue weighted by Crippen LogP contribution is -2.42. The minimum Gasteiger partial charge on any atom is -0.493 e. The molecule has 1 rings (SSSR count). The van der Waals surface area contributed by atoms with Crippen LogP contribution in [0.5, 0.6) is 11.5 Å². The second-order valence-electron chi connectivity index (χ2n) is 5.06. The number of ether oxygens (including phenoxy) is 2. The number of methoxy groups -OCH3 is 1. The molecular weight excluding hydrogens is 308 g/mol. The number of hydrogen-bond donors (Lipinski definition) is 1. The van der Waals surface area contributed by atoms with Crippen LogP contribution in [0.4, 0.5) is 0 Å². The van der Waals surface area contributed by atoms with Crippen molar-refractivity contribution in [2.75, 3.05) is 33.4 Å². The number of nitrogens with one attached hydrogen (secondary N) is 1. The Morgan fingerprint density at radius 2 is 2.00 bits per heavy atom. The van der Waals surface area contributed by atoms with Gasteiger partial charge < -0.3 is 19.7 Å². The number of allylic oxidation sites excluding steroid dienone is 1. The van der Waals surface area contributed by atoms with Crippen LogP contribution in [0.15, 0.2) is 24.3 Å². The van der Waals surface area contributed by atoms with E-state index in [2.05, 4.69) is 5.32 Å². The molecule has 24 heavy (non-hydrogen) atoms. The van der Waals surface area contributed by atoms with Gasteiger partial charge in [0.15, 0.2) is 18.1 Å². The molecule has 0 heterocycles. The minimum absolute atomic E-state index is 0.0316. The first kappa shape index (κ1) is 19.5. The molecule has 0 aliphatic carbocycles. The summed E-state index contributed by atoms with van der Waals surface area (Å²) in [6, 6.07) is 5.49. The fourth-order valence-electron chi connectivity index (χ4n) is 2.13. The normalized spacial score (nSPS) is 10.5. The standard InChI is InChI=1S/C18H26N2O4/c1-5-8-14-9-10-15(16(11-14)23-4)24-13-18(22)20(7-3)12-17(21)19-6-2/h5,8-11H,6-7,12-13H2,1-4H3,(H,19,21). The van der Waals surface area contributed by atoms with E-state index in [9.17, 15) is 9.59 Å². The summed E-state index contributed by atoms with van der Waals surface area (Å²) in [4.78, 5) is 25.3. The summed E-state index contributed by atoms with van der Waals surface area (Å²) in [5.74, 6) is 0.627. The van der Waals surface area contributed by atoms with Crippen molar-refractivity contribution < 1.29 is 19.1 Å². The molecule has 0 aromatic heterocycles. The summed E-state index contributed by atoms with van der Waals surface area (Å²) in [6.07, 6.45) is 3.88. The summed E-state index contributed by atoms with van der Waals surface area (Å²) in [6.45, 7) is 6.46. The number of carbonyl (C=O) groups excluding carboxylic acids is 2. The van der Waals surface area contributed by atoms with E-state index in [1.165, 1.54) is 4.90 Å². The van der Waals surface area contributed by atoms with Crippen LogP contribution in [0.2, 0.25) is 0 Å². The Balaban J connectivity index is 2.69. The van der Waals surface area contributed by atoms with Gasteiger partial charge in [-0.1, -0.05) is 18.2 Å². The fraction of sp³-hybridized carbons (Fsp3) is 0.444. The smallest absolute Gasteiger partial charge is 0.260 e. The number of nitrogens with zero attached hydrogens (tertiary/aromatic N) is 1. The van der Waals surface area contributed by atoms with Crippen LogP contribution in [0.25, 0.3) is 6.08 Å². The van der Waals surface area contributed by atoms with Crippen LogP contribution in [0.3, 0.4) is 0 Å². The van der Waals surface area contributed by atoms with Crippen molar-refractivity contribution in [3.05, 3.63) is 29.8 Å². The quantitative estimate of drug-likeness (QED) is 0.751. The average molecular weight is 334 g/mol. The Morgan fingerprint density at radius 3 is 2.58 bits per heavy atom. The van der Waals surface area contributed by atoms with Crippen molar-refractivity contribution in [3.63, 3.8) is 0 Å². The molecule has 2 amide bonds. The van der Waals surface area contributed by atoms with Crippen molar-refractivity contribution in [2.24, 2.45) is 0 Å². The molecule has 1 N–H and O–H groups in total. The lowest BCUT2D eigenvalue weighted by molar-refractivity contribution is -0.137. The van der Waals surface area contributed by atoms with E-state index < -0.39 is 0 Å². The molecule has 0 bridgehead atoms. The molecule has 1 aromatic rings. The molecule has 0 saturated carbocycles. The highest BCUT2D eigenvalue weighted by molar-refractivity contribution is 5.85. The van der Waals surface area contributed by atoms with Crippen molar-refractivity contribution in [1.29, 1.82) is 0 Å². The average Bonchev–Trinajstić information content (AvgIpc) is 2.58. The van der Waals surface area contributed by atoms with Crippen LogP contribution in [-0.2, 0) is 9.59 Å². The lowest BCUT2D eigenvalue weighted by atomic mass is 10.2. The first-order valence-electron chi connectivity index (χ1n) is 8.03. The van der Waals surface area contributed by atoms with Gasteiger partial charge in [-0.3, -0.25) is 9.59 Å². The summed E-state index contributed by atoms with van der Waals surface area (Å²) in [5, 5.41) is 2.68. The van der Waals surface area contributed by atoms with Gasteiger partial charge in [-0.25, -0.2) is 0 Å². The first-order valence-corrected chi connectivity index (χ1v) is 8.03. The van der Waals surface area contributed by atoms with Gasteiger partial charge in [0.05, 0.1) is 13.7 Å². The number of hydrogen-bond acceptors (Lipinski definition) is 4. The molecule has 0 unspecified atom stereocenters. The number of benzene rings is 1. The van der Waals surface area contributed by atoms with Gasteiger partial charge in [0.1, 0.15) is 0 Å². The van der Waals surface area contributed by atoms with E-state index >= 15 is 0 Å². The van der Waals surface area contributed by atoms with Gasteiger partial charge in [-0.2, -0.15) is 0 Å².